The Bertz CT molecular complexity index is 6030. The Labute approximate surface area is 688 Å². The number of Topliss-reactive ketones (excluding diaryl/α,β-unsaturated/α-hetero) is 3. The van der Waals surface area contributed by atoms with E-state index in [1.807, 2.05) is 268 Å². The summed E-state index contributed by atoms with van der Waals surface area (Å²) in [5, 5.41) is 21.9. The van der Waals surface area contributed by atoms with Gasteiger partial charge in [-0.1, -0.05) is 91.0 Å². The highest BCUT2D eigenvalue weighted by Gasteiger charge is 2.19. The first-order valence-corrected chi connectivity index (χ1v) is 40.0. The van der Waals surface area contributed by atoms with Crippen LogP contribution in [0.2, 0.25) is 0 Å². The van der Waals surface area contributed by atoms with E-state index in [-0.39, 0.29) is 29.9 Å². The molecule has 0 bridgehead atoms. The highest BCUT2D eigenvalue weighted by atomic mass is 16.5. The molecule has 0 spiro atoms. The van der Waals surface area contributed by atoms with E-state index in [1.54, 1.807) is 25.5 Å². The second-order valence-electron chi connectivity index (χ2n) is 28.6. The lowest BCUT2D eigenvalue weighted by molar-refractivity contribution is -0.143. The molecule has 0 fully saturated rings. The lowest BCUT2D eigenvalue weighted by atomic mass is 10.2. The number of benzene rings is 8. The Kier molecular flexibility index (Phi) is 28.4. The third-order valence-electron chi connectivity index (χ3n) is 19.4. The molecular weight excluding hydrogens is 1510 g/mol. The summed E-state index contributed by atoms with van der Waals surface area (Å²) in [6.45, 7) is 18.8. The molecule has 0 aliphatic rings. The largest absolute Gasteiger partial charge is 0.492 e. The van der Waals surface area contributed by atoms with Gasteiger partial charge in [0, 0.05) is 110 Å². The van der Waals surface area contributed by atoms with E-state index in [1.165, 1.54) is 0 Å². The zero-order valence-corrected chi connectivity index (χ0v) is 68.2. The number of fused-ring (bicyclic) bond motifs is 4. The molecule has 0 saturated heterocycles. The lowest BCUT2D eigenvalue weighted by Crippen LogP contribution is -2.06. The number of carbonyl (C=O) groups is 4. The molecule has 0 amide bonds. The van der Waals surface area contributed by atoms with Crippen LogP contribution in [0.1, 0.15) is 112 Å². The predicted octanol–water partition coefficient (Wildman–Crippen LogP) is 19.1. The van der Waals surface area contributed by atoms with Gasteiger partial charge in [0.25, 0.3) is 0 Å². The maximum Gasteiger partial charge on any atom is 0.305 e. The Morgan fingerprint density at radius 3 is 1.18 bits per heavy atom. The molecule has 8 aromatic carbocycles. The quantitative estimate of drug-likeness (QED) is 0.0339. The average Bonchev–Trinajstić information content (AvgIpc) is 1.68. The summed E-state index contributed by atoms with van der Waals surface area (Å²) in [5.74, 6) is 9.02. The van der Waals surface area contributed by atoms with Crippen LogP contribution in [-0.2, 0) is 76.0 Å². The minimum absolute atomic E-state index is 0.0611. The first-order chi connectivity index (χ1) is 57.9. The van der Waals surface area contributed by atoms with Crippen molar-refractivity contribution in [1.82, 2.24) is 59.1 Å². The first kappa shape index (κ1) is 83.1. The smallest absolute Gasteiger partial charge is 0.305 e. The van der Waals surface area contributed by atoms with Crippen molar-refractivity contribution < 1.29 is 60.5 Å². The number of hydrogen-bond acceptors (Lipinski definition) is 21. The van der Waals surface area contributed by atoms with Gasteiger partial charge in [0.05, 0.1) is 94.5 Å². The summed E-state index contributed by atoms with van der Waals surface area (Å²) in [5.41, 5.74) is 10.8. The fourth-order valence-corrected chi connectivity index (χ4v) is 13.3. The molecule has 25 nitrogen and oxygen atoms in total. The molecule has 0 N–H and O–H groups in total. The van der Waals surface area contributed by atoms with Crippen LogP contribution in [0.4, 0.5) is 0 Å². The summed E-state index contributed by atoms with van der Waals surface area (Å²) in [6.07, 6.45) is 13.3. The van der Waals surface area contributed by atoms with Gasteiger partial charge in [-0.25, -0.2) is 19.9 Å². The number of rotatable bonds is 34. The van der Waals surface area contributed by atoms with Crippen molar-refractivity contribution in [3.8, 4) is 68.8 Å². The van der Waals surface area contributed by atoms with Gasteiger partial charge in [0.1, 0.15) is 69.9 Å². The topological polar surface area (TPSA) is 290 Å². The number of nitrogens with zero attached hydrogens (tertiary/aromatic N) is 12. The van der Waals surface area contributed by atoms with Crippen molar-refractivity contribution in [2.24, 2.45) is 0 Å². The second-order valence-corrected chi connectivity index (χ2v) is 28.6. The summed E-state index contributed by atoms with van der Waals surface area (Å²) in [7, 11) is 0. The van der Waals surface area contributed by atoms with Gasteiger partial charge in [-0.3, -0.25) is 28.3 Å². The molecule has 610 valence electrons. The maximum atomic E-state index is 11.5. The zero-order valence-electron chi connectivity index (χ0n) is 68.2. The van der Waals surface area contributed by atoms with Crippen LogP contribution in [0.5, 0.6) is 23.0 Å². The third kappa shape index (κ3) is 22.8. The minimum atomic E-state index is -0.174. The van der Waals surface area contributed by atoms with Crippen molar-refractivity contribution in [2.75, 3.05) is 26.4 Å². The number of aryl methyl sites for hydroxylation is 7. The van der Waals surface area contributed by atoms with Gasteiger partial charge in [-0.05, 0) is 172 Å². The summed E-state index contributed by atoms with van der Waals surface area (Å²) in [4.78, 5) is 63.6. The average molecular weight is 1600 g/mol. The van der Waals surface area contributed by atoms with Crippen molar-refractivity contribution in [3.05, 3.63) is 265 Å². The molecule has 25 heteroatoms. The van der Waals surface area contributed by atoms with Gasteiger partial charge in [-0.15, -0.1) is 0 Å². The normalized spacial score (nSPS) is 11.1. The van der Waals surface area contributed by atoms with Gasteiger partial charge < -0.3 is 50.9 Å². The van der Waals surface area contributed by atoms with Gasteiger partial charge in [0.2, 0.25) is 23.6 Å². The number of hydrogen-bond donors (Lipinski definition) is 0. The van der Waals surface area contributed by atoms with E-state index < -0.39 is 0 Å². The molecule has 16 aromatic rings. The van der Waals surface area contributed by atoms with Gasteiger partial charge in [-0.2, -0.15) is 20.4 Å². The van der Waals surface area contributed by atoms with Crippen LogP contribution in [0.25, 0.3) is 89.4 Å². The highest BCUT2D eigenvalue weighted by Crippen LogP contribution is 2.32. The van der Waals surface area contributed by atoms with E-state index >= 15 is 0 Å². The fourth-order valence-electron chi connectivity index (χ4n) is 13.3. The van der Waals surface area contributed by atoms with Crippen molar-refractivity contribution >= 4 is 66.9 Å². The second kappa shape index (κ2) is 40.6. The van der Waals surface area contributed by atoms with Crippen LogP contribution in [0.15, 0.2) is 237 Å². The predicted molar refractivity (Wildman–Crippen MR) is 454 cm³/mol. The van der Waals surface area contributed by atoms with Crippen molar-refractivity contribution in [2.45, 2.75) is 146 Å². The SMILES string of the molecule is CC(=O)CCCn1cc2c(OCCc3nc(-c4ccccc4)oc3C)cccc2n1.CC(=O)CCCn1ncc2ccc(OCc3nc(-c4ccccc4)oc3C)cc21.CC(=O)Cn1cc2c(OCCc3nc(-c4ccccc4)oc3C)cccc2n1.CCOC(=O)CCCn1cc2c(OCCc3nc(-c4ccccc4)oc3C)cccc2n1. The molecule has 0 radical (unpaired) electrons. The number of ketones is 3. The first-order valence-electron chi connectivity index (χ1n) is 40.0. The number of aromatic nitrogens is 12. The highest BCUT2D eigenvalue weighted by molar-refractivity contribution is 5.87. The number of oxazole rings is 4. The van der Waals surface area contributed by atoms with E-state index in [0.717, 1.165) is 148 Å². The molecule has 0 saturated carbocycles. The zero-order chi connectivity index (χ0) is 83.0. The summed E-state index contributed by atoms with van der Waals surface area (Å²) in [6, 6.07) is 62.7. The van der Waals surface area contributed by atoms with Crippen LogP contribution in [-0.4, -0.2) is 109 Å². The van der Waals surface area contributed by atoms with E-state index in [2.05, 4.69) is 40.3 Å². The molecule has 16 rings (SSSR count). The molecule has 8 aromatic heterocycles. The monoisotopic (exact) mass is 1600 g/mol. The Hall–Kier alpha value is -13.8. The van der Waals surface area contributed by atoms with Crippen LogP contribution < -0.4 is 18.9 Å². The third-order valence-corrected chi connectivity index (χ3v) is 19.4. The van der Waals surface area contributed by atoms with Gasteiger partial charge >= 0.3 is 5.97 Å². The van der Waals surface area contributed by atoms with Crippen LogP contribution in [0.3, 0.4) is 0 Å². The van der Waals surface area contributed by atoms with Crippen molar-refractivity contribution in [3.63, 3.8) is 0 Å². The standard InChI is InChI=1S/C25H27N3O4.C24H25N3O3.C23H23N3O3.C22H21N3O3/c1-3-30-24(29)13-8-15-28-17-20-22(27-28)11-7-12-23(20)31-16-14-21-18(2)32-25(26-21)19-9-5-4-6-10-19;1-17(28)8-7-14-27-16-20-22(26-27)11-6-12-23(20)29-15-13-21-18(2)30-24(25-21)19-9-4-3-5-10-19;1-16(27)7-6-12-26-22-13-20(11-10-19(22)14-24-26)28-15-21-17(2)29-23(25-21)18-8-4-3-5-9-18;1-15(26)13-25-14-18-20(24-25)9-6-10-21(18)27-12-11-19-16(2)28-22(23-19)17-7-4-3-5-8-17/h4-7,9-12,17H,3,8,13-16H2,1-2H3;3-6,9-12,16H,7-8,13-15H2,1-2H3;3-5,8-11,13-14H,6-7,12,15H2,1-2H3;3-10,14H,11-13H2,1-2H3. The minimum Gasteiger partial charge on any atom is -0.492 e. The van der Waals surface area contributed by atoms with Crippen LogP contribution in [0, 0.1) is 27.7 Å². The number of esters is 1. The fraction of sp³-hybridized carbons (Fsp3) is 0.277. The summed E-state index contributed by atoms with van der Waals surface area (Å²) < 4.78 is 59.6. The van der Waals surface area contributed by atoms with Gasteiger partial charge in [0.15, 0.2) is 5.78 Å². The molecule has 119 heavy (non-hydrogen) atoms. The molecule has 0 aliphatic carbocycles. The van der Waals surface area contributed by atoms with E-state index in [4.69, 9.17) is 41.4 Å². The Morgan fingerprint density at radius 2 is 0.773 bits per heavy atom. The number of ether oxygens (including phenoxy) is 5. The lowest BCUT2D eigenvalue weighted by Gasteiger charge is -2.07. The maximum absolute atomic E-state index is 11.5. The van der Waals surface area contributed by atoms with E-state index in [9.17, 15) is 19.2 Å². The molecule has 8 heterocycles. The molecular formula is C94H96N12O13. The van der Waals surface area contributed by atoms with Crippen molar-refractivity contribution in [1.29, 1.82) is 0 Å². The Balaban J connectivity index is 0.000000137. The molecule has 0 atom stereocenters. The van der Waals surface area contributed by atoms with E-state index in [0.29, 0.717) is 121 Å². The summed E-state index contributed by atoms with van der Waals surface area (Å²) >= 11 is 0. The Morgan fingerprint density at radius 1 is 0.395 bits per heavy atom. The molecule has 0 unspecified atom stereocenters. The number of carbonyl (C=O) groups excluding carboxylic acids is 4. The molecule has 0 aliphatic heterocycles. The van der Waals surface area contributed by atoms with Crippen LogP contribution >= 0.6 is 0 Å².